The molecule has 0 bridgehead atoms. The van der Waals surface area contributed by atoms with Gasteiger partial charge in [0.2, 0.25) is 5.91 Å². The molecule has 1 amide bonds. The monoisotopic (exact) mass is 281 g/mol. The van der Waals surface area contributed by atoms with Crippen LogP contribution in [-0.4, -0.2) is 11.9 Å². The maximum atomic E-state index is 11.3. The molecule has 1 N–H and O–H groups in total. The molecule has 0 fully saturated rings. The minimum Gasteiger partial charge on any atom is -0.350 e. The summed E-state index contributed by atoms with van der Waals surface area (Å²) in [6.45, 7) is 3.84. The predicted octanol–water partition coefficient (Wildman–Crippen LogP) is 3.07. The van der Waals surface area contributed by atoms with E-state index in [1.54, 1.807) is 6.08 Å². The van der Waals surface area contributed by atoms with Crippen LogP contribution in [-0.2, 0) is 11.2 Å². The number of carbonyl (C=O) groups is 1. The van der Waals surface area contributed by atoms with Crippen LogP contribution in [0.1, 0.15) is 19.4 Å². The SMILES string of the molecule is CC=CC(=O)NC(C)Cc1ccc(Br)cc1. The van der Waals surface area contributed by atoms with E-state index in [2.05, 4.69) is 33.4 Å². The number of hydrogen-bond donors (Lipinski definition) is 1. The third-order valence-electron chi connectivity index (χ3n) is 2.16. The standard InChI is InChI=1S/C13H16BrNO/c1-3-4-13(16)15-10(2)9-11-5-7-12(14)8-6-11/h3-8,10H,9H2,1-2H3,(H,15,16). The molecule has 0 spiro atoms. The first-order valence-corrected chi connectivity index (χ1v) is 6.08. The number of benzene rings is 1. The number of nitrogens with one attached hydrogen (secondary N) is 1. The average molecular weight is 282 g/mol. The Kier molecular flexibility index (Phi) is 5.26. The third-order valence-corrected chi connectivity index (χ3v) is 2.69. The first-order valence-electron chi connectivity index (χ1n) is 5.29. The van der Waals surface area contributed by atoms with Gasteiger partial charge in [-0.05, 0) is 44.0 Å². The number of carbonyl (C=O) groups excluding carboxylic acids is 1. The molecule has 1 atom stereocenters. The Morgan fingerprint density at radius 3 is 2.62 bits per heavy atom. The first kappa shape index (κ1) is 13.0. The van der Waals surface area contributed by atoms with Crippen molar-refractivity contribution in [3.63, 3.8) is 0 Å². The van der Waals surface area contributed by atoms with E-state index in [9.17, 15) is 4.79 Å². The van der Waals surface area contributed by atoms with Gasteiger partial charge in [0.05, 0.1) is 0 Å². The second kappa shape index (κ2) is 6.48. The number of amides is 1. The van der Waals surface area contributed by atoms with Gasteiger partial charge in [0.15, 0.2) is 0 Å². The van der Waals surface area contributed by atoms with Crippen molar-refractivity contribution in [3.8, 4) is 0 Å². The van der Waals surface area contributed by atoms with Crippen molar-refractivity contribution in [2.24, 2.45) is 0 Å². The summed E-state index contributed by atoms with van der Waals surface area (Å²) in [6, 6.07) is 8.28. The van der Waals surface area contributed by atoms with Crippen LogP contribution in [0.2, 0.25) is 0 Å². The molecule has 1 unspecified atom stereocenters. The van der Waals surface area contributed by atoms with E-state index in [1.807, 2.05) is 26.0 Å². The van der Waals surface area contributed by atoms with Crippen LogP contribution in [0.15, 0.2) is 40.9 Å². The minimum absolute atomic E-state index is 0.0351. The zero-order valence-corrected chi connectivity index (χ0v) is 11.1. The number of rotatable bonds is 4. The number of halogens is 1. The van der Waals surface area contributed by atoms with Crippen molar-refractivity contribution in [3.05, 3.63) is 46.5 Å². The van der Waals surface area contributed by atoms with Crippen LogP contribution in [0.4, 0.5) is 0 Å². The zero-order valence-electron chi connectivity index (χ0n) is 9.53. The van der Waals surface area contributed by atoms with Gasteiger partial charge in [0.1, 0.15) is 0 Å². The first-order chi connectivity index (χ1) is 7.61. The molecular weight excluding hydrogens is 266 g/mol. The molecule has 2 nitrogen and oxygen atoms in total. The molecule has 0 aliphatic carbocycles. The summed E-state index contributed by atoms with van der Waals surface area (Å²) in [5, 5.41) is 2.91. The zero-order chi connectivity index (χ0) is 12.0. The van der Waals surface area contributed by atoms with Crippen molar-refractivity contribution in [1.29, 1.82) is 0 Å². The Morgan fingerprint density at radius 1 is 1.44 bits per heavy atom. The van der Waals surface area contributed by atoms with Gasteiger partial charge in [-0.25, -0.2) is 0 Å². The summed E-state index contributed by atoms with van der Waals surface area (Å²) in [6.07, 6.45) is 4.12. The van der Waals surface area contributed by atoms with Crippen molar-refractivity contribution in [2.75, 3.05) is 0 Å². The Labute approximate surface area is 105 Å². The summed E-state index contributed by atoms with van der Waals surface area (Å²) in [4.78, 5) is 11.3. The minimum atomic E-state index is -0.0351. The van der Waals surface area contributed by atoms with E-state index >= 15 is 0 Å². The Morgan fingerprint density at radius 2 is 2.06 bits per heavy atom. The van der Waals surface area contributed by atoms with Crippen molar-refractivity contribution in [1.82, 2.24) is 5.32 Å². The molecule has 1 aromatic rings. The van der Waals surface area contributed by atoms with Crippen LogP contribution in [0.3, 0.4) is 0 Å². The van der Waals surface area contributed by atoms with Gasteiger partial charge in [-0.1, -0.05) is 34.1 Å². The molecule has 0 saturated carbocycles. The molecule has 0 saturated heterocycles. The maximum absolute atomic E-state index is 11.3. The summed E-state index contributed by atoms with van der Waals surface area (Å²) in [5.74, 6) is -0.0351. The average Bonchev–Trinajstić information content (AvgIpc) is 2.21. The fourth-order valence-electron chi connectivity index (χ4n) is 1.47. The fourth-order valence-corrected chi connectivity index (χ4v) is 1.73. The van der Waals surface area contributed by atoms with E-state index in [-0.39, 0.29) is 11.9 Å². The lowest BCUT2D eigenvalue weighted by Crippen LogP contribution is -2.32. The highest BCUT2D eigenvalue weighted by Crippen LogP contribution is 2.11. The predicted molar refractivity (Wildman–Crippen MR) is 70.3 cm³/mol. The largest absolute Gasteiger partial charge is 0.350 e. The Hall–Kier alpha value is -1.09. The summed E-state index contributed by atoms with van der Waals surface area (Å²) < 4.78 is 1.07. The molecule has 1 aromatic carbocycles. The number of hydrogen-bond acceptors (Lipinski definition) is 1. The maximum Gasteiger partial charge on any atom is 0.243 e. The van der Waals surface area contributed by atoms with Gasteiger partial charge in [-0.3, -0.25) is 4.79 Å². The Bertz CT molecular complexity index is 370. The van der Waals surface area contributed by atoms with Gasteiger partial charge >= 0.3 is 0 Å². The van der Waals surface area contributed by atoms with E-state index in [0.717, 1.165) is 10.9 Å². The lowest BCUT2D eigenvalue weighted by molar-refractivity contribution is -0.117. The smallest absolute Gasteiger partial charge is 0.243 e. The van der Waals surface area contributed by atoms with Gasteiger partial charge in [-0.2, -0.15) is 0 Å². The van der Waals surface area contributed by atoms with Gasteiger partial charge < -0.3 is 5.32 Å². The Balaban J connectivity index is 2.48. The molecule has 0 aliphatic heterocycles. The second-order valence-electron chi connectivity index (χ2n) is 3.74. The molecule has 0 heterocycles. The lowest BCUT2D eigenvalue weighted by Gasteiger charge is -2.12. The summed E-state index contributed by atoms with van der Waals surface area (Å²) in [7, 11) is 0. The van der Waals surface area contributed by atoms with Crippen LogP contribution in [0.25, 0.3) is 0 Å². The van der Waals surface area contributed by atoms with E-state index < -0.39 is 0 Å². The van der Waals surface area contributed by atoms with Crippen molar-refractivity contribution >= 4 is 21.8 Å². The van der Waals surface area contributed by atoms with Crippen molar-refractivity contribution in [2.45, 2.75) is 26.3 Å². The highest BCUT2D eigenvalue weighted by Gasteiger charge is 2.05. The van der Waals surface area contributed by atoms with Crippen LogP contribution >= 0.6 is 15.9 Å². The molecule has 3 heteroatoms. The topological polar surface area (TPSA) is 29.1 Å². The molecule has 1 rings (SSSR count). The molecule has 86 valence electrons. The summed E-state index contributed by atoms with van der Waals surface area (Å²) >= 11 is 3.39. The van der Waals surface area contributed by atoms with Crippen molar-refractivity contribution < 1.29 is 4.79 Å². The van der Waals surface area contributed by atoms with Gasteiger partial charge in [0.25, 0.3) is 0 Å². The van der Waals surface area contributed by atoms with E-state index in [1.165, 1.54) is 11.6 Å². The highest BCUT2D eigenvalue weighted by molar-refractivity contribution is 9.10. The third kappa shape index (κ3) is 4.62. The van der Waals surface area contributed by atoms with E-state index in [0.29, 0.717) is 0 Å². The van der Waals surface area contributed by atoms with Crippen LogP contribution in [0.5, 0.6) is 0 Å². The lowest BCUT2D eigenvalue weighted by atomic mass is 10.1. The second-order valence-corrected chi connectivity index (χ2v) is 4.66. The van der Waals surface area contributed by atoms with Gasteiger partial charge in [-0.15, -0.1) is 0 Å². The van der Waals surface area contributed by atoms with Crippen LogP contribution in [0, 0.1) is 0 Å². The highest BCUT2D eigenvalue weighted by atomic mass is 79.9. The fraction of sp³-hybridized carbons (Fsp3) is 0.308. The molecule has 16 heavy (non-hydrogen) atoms. The molecule has 0 aromatic heterocycles. The van der Waals surface area contributed by atoms with Gasteiger partial charge in [0, 0.05) is 10.5 Å². The quantitative estimate of drug-likeness (QED) is 0.845. The molecule has 0 radical (unpaired) electrons. The normalized spacial score (nSPS) is 12.7. The summed E-state index contributed by atoms with van der Waals surface area (Å²) in [5.41, 5.74) is 1.22. The van der Waals surface area contributed by atoms with Crippen LogP contribution < -0.4 is 5.32 Å². The number of allylic oxidation sites excluding steroid dienone is 1. The molecular formula is C13H16BrNO. The molecule has 0 aliphatic rings. The van der Waals surface area contributed by atoms with E-state index in [4.69, 9.17) is 0 Å².